The van der Waals surface area contributed by atoms with Crippen LogP contribution in [-0.2, 0) is 0 Å². The Bertz CT molecular complexity index is 415. The highest BCUT2D eigenvalue weighted by Crippen LogP contribution is 2.18. The van der Waals surface area contributed by atoms with Crippen LogP contribution in [0.2, 0.25) is 0 Å². The second-order valence-corrected chi connectivity index (χ2v) is 4.63. The summed E-state index contributed by atoms with van der Waals surface area (Å²) < 4.78 is 27.3. The van der Waals surface area contributed by atoms with E-state index in [1.165, 1.54) is 11.0 Å². The molecular weight excluding hydrogens is 272 g/mol. The predicted octanol–water partition coefficient (Wildman–Crippen LogP) is 3.83. The van der Waals surface area contributed by atoms with Gasteiger partial charge in [0.1, 0.15) is 17.2 Å². The van der Waals surface area contributed by atoms with E-state index in [1.807, 2.05) is 13.8 Å². The molecule has 0 unspecified atom stereocenters. The molecule has 1 rings (SSSR count). The van der Waals surface area contributed by atoms with Crippen LogP contribution in [0.1, 0.15) is 37.0 Å². The third kappa shape index (κ3) is 3.66. The number of amides is 1. The molecule has 1 aromatic rings. The molecule has 0 fully saturated rings. The molecule has 0 radical (unpaired) electrons. The van der Waals surface area contributed by atoms with Gasteiger partial charge in [-0.25, -0.2) is 8.78 Å². The van der Waals surface area contributed by atoms with Crippen LogP contribution >= 0.6 is 11.6 Å². The third-order valence-corrected chi connectivity index (χ3v) is 3.32. The van der Waals surface area contributed by atoms with E-state index in [2.05, 4.69) is 0 Å². The van der Waals surface area contributed by atoms with Gasteiger partial charge in [-0.05, 0) is 25.0 Å². The fraction of sp³-hybridized carbons (Fsp3) is 0.500. The van der Waals surface area contributed by atoms with E-state index in [0.717, 1.165) is 25.0 Å². The van der Waals surface area contributed by atoms with Crippen molar-refractivity contribution >= 4 is 17.5 Å². The summed E-state index contributed by atoms with van der Waals surface area (Å²) in [6.07, 6.45) is 1.43. The number of rotatable bonds is 6. The summed E-state index contributed by atoms with van der Waals surface area (Å²) in [5.74, 6) is -2.07. The minimum absolute atomic E-state index is 0.0646. The molecule has 1 aromatic carbocycles. The largest absolute Gasteiger partial charge is 0.334 e. The van der Waals surface area contributed by atoms with Crippen molar-refractivity contribution in [2.24, 2.45) is 0 Å². The molecule has 0 atom stereocenters. The maximum absolute atomic E-state index is 13.7. The summed E-state index contributed by atoms with van der Waals surface area (Å²) in [5.41, 5.74) is -0.500. The zero-order chi connectivity index (χ0) is 14.4. The Hall–Kier alpha value is -1.16. The Kier molecular flexibility index (Phi) is 6.22. The average molecular weight is 290 g/mol. The Balaban J connectivity index is 3.12. The van der Waals surface area contributed by atoms with Crippen LogP contribution in [0.25, 0.3) is 0 Å². The van der Waals surface area contributed by atoms with Crippen molar-refractivity contribution < 1.29 is 13.6 Å². The van der Waals surface area contributed by atoms with Gasteiger partial charge in [0.2, 0.25) is 0 Å². The molecule has 0 aliphatic carbocycles. The van der Waals surface area contributed by atoms with Crippen molar-refractivity contribution in [3.63, 3.8) is 0 Å². The Morgan fingerprint density at radius 3 is 2.21 bits per heavy atom. The first kappa shape index (κ1) is 15.9. The van der Waals surface area contributed by atoms with Gasteiger partial charge in [-0.2, -0.15) is 0 Å². The quantitative estimate of drug-likeness (QED) is 0.729. The van der Waals surface area contributed by atoms with E-state index >= 15 is 0 Å². The number of nitrogens with zero attached hydrogens (tertiary/aromatic N) is 1. The molecule has 0 saturated carbocycles. The highest BCUT2D eigenvalue weighted by Gasteiger charge is 2.26. The number of halogens is 3. The summed E-state index contributed by atoms with van der Waals surface area (Å²) >= 11 is 5.68. The lowest BCUT2D eigenvalue weighted by molar-refractivity contribution is 0.0671. The summed E-state index contributed by atoms with van der Waals surface area (Å²) in [7, 11) is 0. The Morgan fingerprint density at radius 1 is 1.26 bits per heavy atom. The number of benzene rings is 1. The lowest BCUT2D eigenvalue weighted by atomic mass is 10.1. The van der Waals surface area contributed by atoms with E-state index in [-0.39, 0.29) is 18.5 Å². The standard InChI is InChI=1S/C14H18ClF2NO/c1-3-10(4-2)18(9-8-15)14(19)13-11(16)6-5-7-12(13)17/h5-7,10H,3-4,8-9H2,1-2H3. The molecule has 2 nitrogen and oxygen atoms in total. The van der Waals surface area contributed by atoms with Gasteiger partial charge < -0.3 is 4.90 Å². The zero-order valence-electron chi connectivity index (χ0n) is 11.1. The Morgan fingerprint density at radius 2 is 1.79 bits per heavy atom. The van der Waals surface area contributed by atoms with E-state index in [1.54, 1.807) is 0 Å². The van der Waals surface area contributed by atoms with Gasteiger partial charge in [-0.1, -0.05) is 19.9 Å². The average Bonchev–Trinajstić information content (AvgIpc) is 2.38. The second kappa shape index (κ2) is 7.43. The maximum atomic E-state index is 13.7. The molecular formula is C14H18ClF2NO. The first-order chi connectivity index (χ1) is 9.06. The molecule has 0 bridgehead atoms. The van der Waals surface area contributed by atoms with Crippen LogP contribution in [0.3, 0.4) is 0 Å². The van der Waals surface area contributed by atoms with Crippen LogP contribution in [0.4, 0.5) is 8.78 Å². The molecule has 0 aliphatic rings. The van der Waals surface area contributed by atoms with Gasteiger partial charge in [0.25, 0.3) is 5.91 Å². The molecule has 0 N–H and O–H groups in total. The van der Waals surface area contributed by atoms with Gasteiger partial charge in [0.15, 0.2) is 0 Å². The SMILES string of the molecule is CCC(CC)N(CCCl)C(=O)c1c(F)cccc1F. The highest BCUT2D eigenvalue weighted by atomic mass is 35.5. The summed E-state index contributed by atoms with van der Waals surface area (Å²) in [6.45, 7) is 4.14. The van der Waals surface area contributed by atoms with Gasteiger partial charge in [0, 0.05) is 18.5 Å². The van der Waals surface area contributed by atoms with Crippen LogP contribution in [0.15, 0.2) is 18.2 Å². The number of carbonyl (C=O) groups is 1. The third-order valence-electron chi connectivity index (χ3n) is 3.15. The summed E-state index contributed by atoms with van der Waals surface area (Å²) in [4.78, 5) is 13.8. The second-order valence-electron chi connectivity index (χ2n) is 4.25. The minimum atomic E-state index is -0.837. The van der Waals surface area contributed by atoms with Crippen LogP contribution in [0, 0.1) is 11.6 Å². The van der Waals surface area contributed by atoms with Gasteiger partial charge in [0.05, 0.1) is 0 Å². The van der Waals surface area contributed by atoms with Gasteiger partial charge >= 0.3 is 0 Å². The number of hydrogen-bond donors (Lipinski definition) is 0. The minimum Gasteiger partial charge on any atom is -0.334 e. The van der Waals surface area contributed by atoms with Crippen LogP contribution < -0.4 is 0 Å². The van der Waals surface area contributed by atoms with Gasteiger partial charge in [-0.15, -0.1) is 11.6 Å². The van der Waals surface area contributed by atoms with Crippen LogP contribution in [-0.4, -0.2) is 29.3 Å². The molecule has 106 valence electrons. The summed E-state index contributed by atoms with van der Waals surface area (Å²) in [5, 5.41) is 0. The molecule has 5 heteroatoms. The maximum Gasteiger partial charge on any atom is 0.260 e. The number of hydrogen-bond acceptors (Lipinski definition) is 1. The van der Waals surface area contributed by atoms with E-state index < -0.39 is 23.1 Å². The van der Waals surface area contributed by atoms with Gasteiger partial charge in [-0.3, -0.25) is 4.79 Å². The van der Waals surface area contributed by atoms with Crippen molar-refractivity contribution in [1.29, 1.82) is 0 Å². The molecule has 0 heterocycles. The molecule has 19 heavy (non-hydrogen) atoms. The molecule has 0 saturated heterocycles. The normalized spacial score (nSPS) is 10.8. The van der Waals surface area contributed by atoms with Crippen molar-refractivity contribution in [3.8, 4) is 0 Å². The van der Waals surface area contributed by atoms with Crippen molar-refractivity contribution in [3.05, 3.63) is 35.4 Å². The van der Waals surface area contributed by atoms with Crippen LogP contribution in [0.5, 0.6) is 0 Å². The smallest absolute Gasteiger partial charge is 0.260 e. The summed E-state index contributed by atoms with van der Waals surface area (Å²) in [6, 6.07) is 3.35. The first-order valence-electron chi connectivity index (χ1n) is 6.37. The molecule has 0 spiro atoms. The Labute approximate surface area is 117 Å². The number of carbonyl (C=O) groups excluding carboxylic acids is 1. The van der Waals surface area contributed by atoms with E-state index in [9.17, 15) is 13.6 Å². The van der Waals surface area contributed by atoms with E-state index in [0.29, 0.717) is 0 Å². The zero-order valence-corrected chi connectivity index (χ0v) is 11.9. The fourth-order valence-electron chi connectivity index (χ4n) is 2.12. The topological polar surface area (TPSA) is 20.3 Å². The monoisotopic (exact) mass is 289 g/mol. The number of alkyl halides is 1. The fourth-order valence-corrected chi connectivity index (χ4v) is 2.30. The molecule has 0 aromatic heterocycles. The lowest BCUT2D eigenvalue weighted by Crippen LogP contribution is -2.41. The van der Waals surface area contributed by atoms with Crippen molar-refractivity contribution in [1.82, 2.24) is 4.90 Å². The first-order valence-corrected chi connectivity index (χ1v) is 6.91. The lowest BCUT2D eigenvalue weighted by Gasteiger charge is -2.30. The van der Waals surface area contributed by atoms with Crippen molar-refractivity contribution in [2.45, 2.75) is 32.7 Å². The van der Waals surface area contributed by atoms with E-state index in [4.69, 9.17) is 11.6 Å². The van der Waals surface area contributed by atoms with Crippen molar-refractivity contribution in [2.75, 3.05) is 12.4 Å². The molecule has 0 aliphatic heterocycles. The molecule has 1 amide bonds. The highest BCUT2D eigenvalue weighted by molar-refractivity contribution is 6.18. The predicted molar refractivity (Wildman–Crippen MR) is 72.5 cm³/mol.